The van der Waals surface area contributed by atoms with Crippen molar-refractivity contribution >= 4 is 5.97 Å². The zero-order valence-corrected chi connectivity index (χ0v) is 23.2. The summed E-state index contributed by atoms with van der Waals surface area (Å²) in [5.74, 6) is 0.787. The quantitative estimate of drug-likeness (QED) is 0.237. The zero-order chi connectivity index (χ0) is 28.0. The van der Waals surface area contributed by atoms with Gasteiger partial charge in [-0.1, -0.05) is 18.2 Å². The molecular formula is C34H32FNO4. The first-order chi connectivity index (χ1) is 19.3. The fourth-order valence-electron chi connectivity index (χ4n) is 6.29. The molecule has 0 saturated heterocycles. The van der Waals surface area contributed by atoms with Gasteiger partial charge < -0.3 is 14.2 Å². The number of esters is 1. The van der Waals surface area contributed by atoms with Gasteiger partial charge in [-0.3, -0.25) is 9.78 Å². The highest BCUT2D eigenvalue weighted by Crippen LogP contribution is 2.45. The number of aromatic nitrogens is 1. The van der Waals surface area contributed by atoms with Crippen molar-refractivity contribution in [3.05, 3.63) is 100.0 Å². The number of aryl methyl sites for hydroxylation is 3. The normalized spacial score (nSPS) is 17.2. The Hall–Kier alpha value is -4.19. The van der Waals surface area contributed by atoms with Gasteiger partial charge in [0.05, 0.1) is 25.8 Å². The molecule has 1 unspecified atom stereocenters. The van der Waals surface area contributed by atoms with E-state index >= 15 is 4.39 Å². The number of rotatable bonds is 6. The molecule has 1 aliphatic heterocycles. The summed E-state index contributed by atoms with van der Waals surface area (Å²) in [6, 6.07) is 17.5. The molecule has 6 heteroatoms. The lowest BCUT2D eigenvalue weighted by molar-refractivity contribution is -0.141. The second-order valence-electron chi connectivity index (χ2n) is 10.8. The Morgan fingerprint density at radius 2 is 1.85 bits per heavy atom. The molecule has 1 aromatic heterocycles. The molecule has 40 heavy (non-hydrogen) atoms. The number of carbonyl (C=O) groups excluding carboxylic acids is 1. The van der Waals surface area contributed by atoms with Crippen LogP contribution in [0.3, 0.4) is 0 Å². The van der Waals surface area contributed by atoms with E-state index in [1.807, 2.05) is 36.5 Å². The minimum Gasteiger partial charge on any atom is -0.492 e. The maximum atomic E-state index is 15.3. The first kappa shape index (κ1) is 26.1. The molecule has 2 aliphatic rings. The number of nitrogens with zero attached hydrogens (tertiary/aromatic N) is 1. The van der Waals surface area contributed by atoms with Gasteiger partial charge in [0.1, 0.15) is 23.4 Å². The second-order valence-corrected chi connectivity index (χ2v) is 10.8. The van der Waals surface area contributed by atoms with E-state index in [1.54, 1.807) is 6.07 Å². The van der Waals surface area contributed by atoms with Gasteiger partial charge in [-0.05, 0) is 97.3 Å². The minimum absolute atomic E-state index is 0.0387. The zero-order valence-electron chi connectivity index (χ0n) is 23.2. The van der Waals surface area contributed by atoms with Crippen molar-refractivity contribution in [2.45, 2.75) is 52.1 Å². The van der Waals surface area contributed by atoms with Gasteiger partial charge in [0.25, 0.3) is 0 Å². The highest BCUT2D eigenvalue weighted by molar-refractivity contribution is 5.79. The average Bonchev–Trinajstić information content (AvgIpc) is 3.54. The fourth-order valence-corrected chi connectivity index (χ4v) is 6.29. The van der Waals surface area contributed by atoms with Crippen molar-refractivity contribution in [1.29, 1.82) is 0 Å². The number of carbonyl (C=O) groups is 1. The lowest BCUT2D eigenvalue weighted by Gasteiger charge is -2.19. The molecule has 2 heterocycles. The topological polar surface area (TPSA) is 57.7 Å². The summed E-state index contributed by atoms with van der Waals surface area (Å²) >= 11 is 0. The number of hydrogen-bond acceptors (Lipinski definition) is 5. The molecule has 0 N–H and O–H groups in total. The van der Waals surface area contributed by atoms with E-state index in [0.29, 0.717) is 30.1 Å². The minimum atomic E-state index is -0.392. The summed E-state index contributed by atoms with van der Waals surface area (Å²) in [5, 5.41) is 0. The van der Waals surface area contributed by atoms with E-state index in [1.165, 1.54) is 7.11 Å². The van der Waals surface area contributed by atoms with Gasteiger partial charge in [0.2, 0.25) is 0 Å². The number of methoxy groups -OCH3 is 1. The van der Waals surface area contributed by atoms with Gasteiger partial charge in [0.15, 0.2) is 0 Å². The van der Waals surface area contributed by atoms with E-state index in [-0.39, 0.29) is 24.1 Å². The summed E-state index contributed by atoms with van der Waals surface area (Å²) in [6.07, 6.45) is 3.12. The van der Waals surface area contributed by atoms with Crippen LogP contribution in [0.1, 0.15) is 58.2 Å². The average molecular weight is 538 g/mol. The summed E-state index contributed by atoms with van der Waals surface area (Å²) in [6.45, 7) is 6.72. The van der Waals surface area contributed by atoms with Crippen LogP contribution in [0.25, 0.3) is 22.4 Å². The molecule has 204 valence electrons. The molecule has 6 rings (SSSR count). The third-order valence-corrected chi connectivity index (χ3v) is 8.15. The van der Waals surface area contributed by atoms with E-state index in [0.717, 1.165) is 56.6 Å². The molecule has 3 aromatic carbocycles. The molecule has 0 spiro atoms. The van der Waals surface area contributed by atoms with Crippen LogP contribution in [0.5, 0.6) is 11.5 Å². The van der Waals surface area contributed by atoms with E-state index in [9.17, 15) is 4.79 Å². The second kappa shape index (κ2) is 10.4. The molecule has 2 atom stereocenters. The van der Waals surface area contributed by atoms with Crippen molar-refractivity contribution in [2.24, 2.45) is 0 Å². The van der Waals surface area contributed by atoms with Crippen molar-refractivity contribution < 1.29 is 23.4 Å². The van der Waals surface area contributed by atoms with E-state index in [4.69, 9.17) is 14.2 Å². The standard InChI is InChI=1S/C34H32FNO4/c1-19-6-5-13-36-34(19)22-14-20(2)32(21(3)15-22)26-9-11-28(35)33-27(26)10-12-29(33)40-24-7-8-25-23(16-31(37)38-4)18-39-30(25)17-24/h5-9,11,13-15,17,23,29H,10,12,16,18H2,1-4H3/t23?,29-/m1/s1. The number of hydrogen-bond donors (Lipinski definition) is 0. The predicted molar refractivity (Wildman–Crippen MR) is 152 cm³/mol. The molecule has 0 radical (unpaired) electrons. The van der Waals surface area contributed by atoms with E-state index in [2.05, 4.69) is 44.0 Å². The largest absolute Gasteiger partial charge is 0.492 e. The maximum absolute atomic E-state index is 15.3. The predicted octanol–water partition coefficient (Wildman–Crippen LogP) is 7.59. The Labute approximate surface area is 233 Å². The Morgan fingerprint density at radius 1 is 1.05 bits per heavy atom. The summed E-state index contributed by atoms with van der Waals surface area (Å²) in [5.41, 5.74) is 10.3. The van der Waals surface area contributed by atoms with Gasteiger partial charge in [-0.15, -0.1) is 0 Å². The maximum Gasteiger partial charge on any atom is 0.306 e. The lowest BCUT2D eigenvalue weighted by atomic mass is 9.88. The van der Waals surface area contributed by atoms with Crippen LogP contribution in [-0.4, -0.2) is 24.7 Å². The number of halogens is 1. The number of benzene rings is 3. The van der Waals surface area contributed by atoms with Gasteiger partial charge in [-0.2, -0.15) is 0 Å². The molecule has 1 aliphatic carbocycles. The van der Waals surface area contributed by atoms with Crippen LogP contribution < -0.4 is 9.47 Å². The van der Waals surface area contributed by atoms with Crippen molar-refractivity contribution in [2.75, 3.05) is 13.7 Å². The van der Waals surface area contributed by atoms with Gasteiger partial charge >= 0.3 is 5.97 Å². The summed E-state index contributed by atoms with van der Waals surface area (Å²) in [7, 11) is 1.39. The van der Waals surface area contributed by atoms with E-state index < -0.39 is 6.10 Å². The van der Waals surface area contributed by atoms with Gasteiger partial charge in [0, 0.05) is 34.9 Å². The highest BCUT2D eigenvalue weighted by atomic mass is 19.1. The molecule has 0 saturated carbocycles. The third-order valence-electron chi connectivity index (χ3n) is 8.15. The Morgan fingerprint density at radius 3 is 2.60 bits per heavy atom. The molecule has 5 nitrogen and oxygen atoms in total. The van der Waals surface area contributed by atoms with Crippen molar-refractivity contribution in [1.82, 2.24) is 4.98 Å². The Bertz CT molecular complexity index is 1610. The third kappa shape index (κ3) is 4.61. The molecule has 0 fully saturated rings. The van der Waals surface area contributed by atoms with Crippen LogP contribution in [0.15, 0.2) is 60.8 Å². The van der Waals surface area contributed by atoms with Crippen molar-refractivity contribution in [3.63, 3.8) is 0 Å². The smallest absolute Gasteiger partial charge is 0.306 e. The lowest BCUT2D eigenvalue weighted by Crippen LogP contribution is -2.09. The SMILES string of the molecule is COC(=O)CC1COc2cc(O[C@@H]3CCc4c(-c5c(C)cc(-c6ncccc6C)cc5C)ccc(F)c43)ccc21. The van der Waals surface area contributed by atoms with Crippen molar-refractivity contribution in [3.8, 4) is 33.9 Å². The molecule has 0 bridgehead atoms. The molecule has 0 amide bonds. The number of fused-ring (bicyclic) bond motifs is 2. The number of ether oxygens (including phenoxy) is 3. The van der Waals surface area contributed by atoms with Crippen LogP contribution >= 0.6 is 0 Å². The van der Waals surface area contributed by atoms with Crippen LogP contribution in [0, 0.1) is 26.6 Å². The first-order valence-electron chi connectivity index (χ1n) is 13.7. The van der Waals surface area contributed by atoms with Crippen LogP contribution in [0.4, 0.5) is 4.39 Å². The monoisotopic (exact) mass is 537 g/mol. The summed E-state index contributed by atoms with van der Waals surface area (Å²) < 4.78 is 32.4. The summed E-state index contributed by atoms with van der Waals surface area (Å²) in [4.78, 5) is 16.3. The molecular weight excluding hydrogens is 505 g/mol. The van der Waals surface area contributed by atoms with Crippen LogP contribution in [-0.2, 0) is 16.0 Å². The Kier molecular flexibility index (Phi) is 6.78. The fraction of sp³-hybridized carbons (Fsp3) is 0.294. The number of pyridine rings is 1. The Balaban J connectivity index is 1.30. The molecule has 4 aromatic rings. The highest BCUT2D eigenvalue weighted by Gasteiger charge is 2.32. The van der Waals surface area contributed by atoms with Crippen LogP contribution in [0.2, 0.25) is 0 Å². The van der Waals surface area contributed by atoms with Gasteiger partial charge in [-0.25, -0.2) is 4.39 Å². The first-order valence-corrected chi connectivity index (χ1v) is 13.7.